The minimum atomic E-state index is -0.610. The molecule has 2 aliphatic rings. The molecular weight excluding hydrogens is 463 g/mol. The molecule has 1 heterocycles. The first kappa shape index (κ1) is 23.1. The number of ketones is 1. The molecule has 35 heavy (non-hydrogen) atoms. The van der Waals surface area contributed by atoms with Gasteiger partial charge >= 0.3 is 0 Å². The van der Waals surface area contributed by atoms with E-state index in [0.29, 0.717) is 34.7 Å². The Morgan fingerprint density at radius 3 is 2.43 bits per heavy atom. The van der Waals surface area contributed by atoms with Crippen LogP contribution in [0.2, 0.25) is 5.02 Å². The molecule has 0 bridgehead atoms. The number of anilines is 1. The minimum Gasteiger partial charge on any atom is -0.362 e. The highest BCUT2D eigenvalue weighted by molar-refractivity contribution is 6.30. The van der Waals surface area contributed by atoms with Crippen molar-refractivity contribution >= 4 is 29.0 Å². The quantitative estimate of drug-likeness (QED) is 0.443. The van der Waals surface area contributed by atoms with Gasteiger partial charge in [-0.15, -0.1) is 0 Å². The van der Waals surface area contributed by atoms with Crippen LogP contribution in [0.3, 0.4) is 0 Å². The summed E-state index contributed by atoms with van der Waals surface area (Å²) in [6, 6.07) is 23.2. The van der Waals surface area contributed by atoms with E-state index in [-0.39, 0.29) is 17.4 Å². The zero-order valence-corrected chi connectivity index (χ0v) is 19.9. The summed E-state index contributed by atoms with van der Waals surface area (Å²) in [6.45, 7) is 1.81. The number of hydrogen-bond acceptors (Lipinski definition) is 3. The van der Waals surface area contributed by atoms with Crippen LogP contribution in [-0.2, 0) is 9.59 Å². The SMILES string of the molecule is CC1=C(C(=O)Nc2ccccc2F)[C@H](c2cccc(Cl)c2)C2=C(C[C@H](c3ccccc3)CC2=O)N1. The predicted molar refractivity (Wildman–Crippen MR) is 136 cm³/mol. The van der Waals surface area contributed by atoms with Gasteiger partial charge in [-0.05, 0) is 54.7 Å². The molecule has 0 saturated carbocycles. The normalized spacial score (nSPS) is 19.8. The molecule has 0 spiro atoms. The summed E-state index contributed by atoms with van der Waals surface area (Å²) in [5.41, 5.74) is 4.34. The zero-order valence-electron chi connectivity index (χ0n) is 19.1. The van der Waals surface area contributed by atoms with Crippen molar-refractivity contribution in [1.29, 1.82) is 0 Å². The Morgan fingerprint density at radius 2 is 1.69 bits per heavy atom. The summed E-state index contributed by atoms with van der Waals surface area (Å²) >= 11 is 6.31. The third-order valence-electron chi connectivity index (χ3n) is 6.65. The maximum atomic E-state index is 14.3. The Labute approximate surface area is 208 Å². The first-order chi connectivity index (χ1) is 16.9. The lowest BCUT2D eigenvalue weighted by Gasteiger charge is -2.37. The van der Waals surface area contributed by atoms with Gasteiger partial charge in [0.15, 0.2) is 5.78 Å². The van der Waals surface area contributed by atoms with Crippen LogP contribution in [0, 0.1) is 5.82 Å². The highest BCUT2D eigenvalue weighted by atomic mass is 35.5. The van der Waals surface area contributed by atoms with Crippen molar-refractivity contribution in [2.24, 2.45) is 0 Å². The summed E-state index contributed by atoms with van der Waals surface area (Å²) in [6.07, 6.45) is 1.00. The molecule has 6 heteroatoms. The molecule has 1 amide bonds. The smallest absolute Gasteiger partial charge is 0.254 e. The second kappa shape index (κ2) is 9.51. The average molecular weight is 487 g/mol. The van der Waals surface area contributed by atoms with Crippen LogP contribution in [0.5, 0.6) is 0 Å². The molecule has 0 radical (unpaired) electrons. The third-order valence-corrected chi connectivity index (χ3v) is 6.88. The van der Waals surface area contributed by atoms with Crippen molar-refractivity contribution in [3.63, 3.8) is 0 Å². The van der Waals surface area contributed by atoms with Gasteiger partial charge in [-0.1, -0.05) is 66.2 Å². The monoisotopic (exact) mass is 486 g/mol. The number of Topliss-reactive ketones (excluding diaryl/α,β-unsaturated/α-hetero) is 1. The molecule has 0 saturated heterocycles. The number of carbonyl (C=O) groups is 2. The van der Waals surface area contributed by atoms with E-state index in [4.69, 9.17) is 11.6 Å². The van der Waals surface area contributed by atoms with Gasteiger partial charge in [0.2, 0.25) is 0 Å². The van der Waals surface area contributed by atoms with Crippen LogP contribution in [0.4, 0.5) is 10.1 Å². The van der Waals surface area contributed by atoms with Crippen LogP contribution in [0.1, 0.15) is 42.7 Å². The number of carbonyl (C=O) groups excluding carboxylic acids is 2. The fourth-order valence-electron chi connectivity index (χ4n) is 5.07. The van der Waals surface area contributed by atoms with Crippen LogP contribution in [0.15, 0.2) is 101 Å². The molecule has 0 unspecified atom stereocenters. The fourth-order valence-corrected chi connectivity index (χ4v) is 5.27. The molecule has 0 fully saturated rings. The van der Waals surface area contributed by atoms with Gasteiger partial charge in [0.1, 0.15) is 5.82 Å². The van der Waals surface area contributed by atoms with E-state index in [2.05, 4.69) is 10.6 Å². The number of amides is 1. The summed E-state index contributed by atoms with van der Waals surface area (Å²) in [5.74, 6) is -1.56. The molecule has 1 aliphatic carbocycles. The first-order valence-corrected chi connectivity index (χ1v) is 11.9. The molecule has 2 atom stereocenters. The van der Waals surface area contributed by atoms with Crippen molar-refractivity contribution < 1.29 is 14.0 Å². The molecule has 1 aliphatic heterocycles. The minimum absolute atomic E-state index is 0.0127. The van der Waals surface area contributed by atoms with Crippen LogP contribution in [-0.4, -0.2) is 11.7 Å². The van der Waals surface area contributed by atoms with Gasteiger partial charge in [-0.25, -0.2) is 4.39 Å². The Hall–Kier alpha value is -3.70. The number of para-hydroxylation sites is 1. The van der Waals surface area contributed by atoms with Crippen LogP contribution in [0.25, 0.3) is 0 Å². The second-order valence-corrected chi connectivity index (χ2v) is 9.35. The van der Waals surface area contributed by atoms with Crippen molar-refractivity contribution in [1.82, 2.24) is 5.32 Å². The topological polar surface area (TPSA) is 58.2 Å². The number of rotatable bonds is 4. The van der Waals surface area contributed by atoms with E-state index in [0.717, 1.165) is 16.8 Å². The molecule has 3 aromatic carbocycles. The van der Waals surface area contributed by atoms with Crippen LogP contribution < -0.4 is 10.6 Å². The Morgan fingerprint density at radius 1 is 0.971 bits per heavy atom. The van der Waals surface area contributed by atoms with Crippen molar-refractivity contribution in [2.45, 2.75) is 31.6 Å². The number of dihydropyridines is 1. The van der Waals surface area contributed by atoms with E-state index >= 15 is 0 Å². The van der Waals surface area contributed by atoms with Gasteiger partial charge in [0, 0.05) is 39.9 Å². The average Bonchev–Trinajstić information content (AvgIpc) is 2.85. The van der Waals surface area contributed by atoms with Crippen molar-refractivity contribution in [2.75, 3.05) is 5.32 Å². The largest absolute Gasteiger partial charge is 0.362 e. The maximum absolute atomic E-state index is 14.3. The second-order valence-electron chi connectivity index (χ2n) is 8.92. The molecule has 4 nitrogen and oxygen atoms in total. The van der Waals surface area contributed by atoms with Gasteiger partial charge < -0.3 is 10.6 Å². The summed E-state index contributed by atoms with van der Waals surface area (Å²) in [7, 11) is 0. The third kappa shape index (κ3) is 4.52. The molecule has 176 valence electrons. The highest BCUT2D eigenvalue weighted by Gasteiger charge is 2.41. The number of hydrogen-bond donors (Lipinski definition) is 2. The number of halogens is 2. The lowest BCUT2D eigenvalue weighted by atomic mass is 9.71. The molecular formula is C29H24ClFN2O2. The van der Waals surface area contributed by atoms with Crippen molar-refractivity contribution in [3.8, 4) is 0 Å². The maximum Gasteiger partial charge on any atom is 0.254 e. The molecule has 2 N–H and O–H groups in total. The molecule has 3 aromatic rings. The fraction of sp³-hybridized carbons (Fsp3) is 0.172. The Bertz CT molecular complexity index is 1380. The van der Waals surface area contributed by atoms with E-state index in [1.165, 1.54) is 12.1 Å². The Balaban J connectivity index is 1.58. The lowest BCUT2D eigenvalue weighted by Crippen LogP contribution is -2.37. The van der Waals surface area contributed by atoms with Gasteiger partial charge in [0.05, 0.1) is 5.69 Å². The van der Waals surface area contributed by atoms with Gasteiger partial charge in [0.25, 0.3) is 5.91 Å². The number of allylic oxidation sites excluding steroid dienone is 3. The standard InChI is InChI=1S/C29H24ClFN2O2/c1-17-26(29(35)33-23-13-6-5-12-22(23)31)27(19-10-7-11-21(30)14-19)28-24(32-17)15-20(16-25(28)34)18-8-3-2-4-9-18/h2-14,20,27,32H,15-16H2,1H3,(H,33,35)/t20-,27-/m0/s1. The first-order valence-electron chi connectivity index (χ1n) is 11.5. The molecule has 0 aromatic heterocycles. The summed E-state index contributed by atoms with van der Waals surface area (Å²) in [5, 5.41) is 6.55. The van der Waals surface area contributed by atoms with Gasteiger partial charge in [-0.3, -0.25) is 9.59 Å². The van der Waals surface area contributed by atoms with E-state index in [1.54, 1.807) is 24.3 Å². The summed E-state index contributed by atoms with van der Waals surface area (Å²) < 4.78 is 14.3. The van der Waals surface area contributed by atoms with Crippen molar-refractivity contribution in [3.05, 3.63) is 123 Å². The zero-order chi connectivity index (χ0) is 24.5. The number of nitrogens with one attached hydrogen (secondary N) is 2. The highest BCUT2D eigenvalue weighted by Crippen LogP contribution is 2.46. The number of benzene rings is 3. The summed E-state index contributed by atoms with van der Waals surface area (Å²) in [4.78, 5) is 27.1. The lowest BCUT2D eigenvalue weighted by molar-refractivity contribution is -0.116. The van der Waals surface area contributed by atoms with E-state index < -0.39 is 17.6 Å². The van der Waals surface area contributed by atoms with Gasteiger partial charge in [-0.2, -0.15) is 0 Å². The predicted octanol–water partition coefficient (Wildman–Crippen LogP) is 6.48. The molecule has 5 rings (SSSR count). The Kier molecular flexibility index (Phi) is 6.27. The van der Waals surface area contributed by atoms with E-state index in [1.807, 2.05) is 49.4 Å². The van der Waals surface area contributed by atoms with Crippen LogP contribution >= 0.6 is 11.6 Å². The van der Waals surface area contributed by atoms with E-state index in [9.17, 15) is 14.0 Å².